The molecule has 0 amide bonds. The van der Waals surface area contributed by atoms with Crippen molar-refractivity contribution >= 4 is 44.9 Å². The molecule has 1 fully saturated rings. The number of rotatable bonds is 6. The van der Waals surface area contributed by atoms with Gasteiger partial charge in [0.25, 0.3) is 0 Å². The van der Waals surface area contributed by atoms with Crippen LogP contribution in [-0.2, 0) is 15.5 Å². The Morgan fingerprint density at radius 3 is 2.67 bits per heavy atom. The van der Waals surface area contributed by atoms with Gasteiger partial charge in [0.05, 0.1) is 17.6 Å². The Hall–Kier alpha value is -0.930. The molecule has 6 nitrogen and oxygen atoms in total. The van der Waals surface area contributed by atoms with Gasteiger partial charge in [0.15, 0.2) is 9.84 Å². The van der Waals surface area contributed by atoms with Crippen LogP contribution in [-0.4, -0.2) is 40.8 Å². The second kappa shape index (κ2) is 7.83. The number of nitrogens with zero attached hydrogens (tertiary/aromatic N) is 1. The minimum Gasteiger partial charge on any atom is -0.478 e. The Morgan fingerprint density at radius 2 is 2.04 bits per heavy atom. The highest BCUT2D eigenvalue weighted by Crippen LogP contribution is 2.54. The van der Waals surface area contributed by atoms with E-state index < -0.39 is 34.7 Å². The summed E-state index contributed by atoms with van der Waals surface area (Å²) in [5, 5.41) is 0.545. The first-order valence-corrected chi connectivity index (χ1v) is 11.9. The van der Waals surface area contributed by atoms with Gasteiger partial charge < -0.3 is 14.5 Å². The number of pyridine rings is 1. The summed E-state index contributed by atoms with van der Waals surface area (Å²) in [6.07, 6.45) is 3.08. The third-order valence-corrected chi connectivity index (χ3v) is 8.25. The maximum atomic E-state index is 14.0. The van der Waals surface area contributed by atoms with E-state index in [1.165, 1.54) is 18.3 Å². The van der Waals surface area contributed by atoms with Gasteiger partial charge in [-0.3, -0.25) is 0 Å². The van der Waals surface area contributed by atoms with E-state index in [9.17, 15) is 17.2 Å². The van der Waals surface area contributed by atoms with Gasteiger partial charge in [-0.15, -0.1) is 0 Å². The van der Waals surface area contributed by atoms with Gasteiger partial charge in [0.2, 0.25) is 14.3 Å². The molecule has 0 spiro atoms. The third-order valence-electron chi connectivity index (χ3n) is 4.51. The fourth-order valence-corrected chi connectivity index (χ4v) is 6.09. The second-order valence-corrected chi connectivity index (χ2v) is 10.7. The zero-order valence-electron chi connectivity index (χ0n) is 14.0. The zero-order valence-corrected chi connectivity index (χ0v) is 17.3. The summed E-state index contributed by atoms with van der Waals surface area (Å²) in [5.41, 5.74) is -4.33. The Labute approximate surface area is 164 Å². The van der Waals surface area contributed by atoms with Crippen molar-refractivity contribution < 1.29 is 31.7 Å². The van der Waals surface area contributed by atoms with Crippen molar-refractivity contribution in [3.8, 4) is 5.88 Å². The number of alkyl halides is 2. The second-order valence-electron chi connectivity index (χ2n) is 6.30. The minimum atomic E-state index is -3.79. The van der Waals surface area contributed by atoms with Crippen LogP contribution in [0.4, 0.5) is 8.78 Å². The van der Waals surface area contributed by atoms with E-state index in [-0.39, 0.29) is 22.7 Å². The van der Waals surface area contributed by atoms with Crippen LogP contribution >= 0.6 is 24.3 Å². The van der Waals surface area contributed by atoms with Crippen LogP contribution in [0.15, 0.2) is 28.9 Å². The molecule has 1 aliphatic heterocycles. The number of fused-ring (bicyclic) bond motifs is 1. The molecule has 0 aliphatic carbocycles. The Morgan fingerprint density at radius 1 is 1.30 bits per heavy atom. The van der Waals surface area contributed by atoms with Gasteiger partial charge in [0.1, 0.15) is 0 Å². The summed E-state index contributed by atoms with van der Waals surface area (Å²) in [5.74, 6) is 0.389. The predicted octanol–water partition coefficient (Wildman–Crippen LogP) is 3.69. The van der Waals surface area contributed by atoms with Crippen LogP contribution < -0.4 is 4.74 Å². The van der Waals surface area contributed by atoms with Crippen LogP contribution in [0, 0.1) is 0 Å². The summed E-state index contributed by atoms with van der Waals surface area (Å²) in [4.78, 5) is 22.1. The molecule has 0 bridgehead atoms. The van der Waals surface area contributed by atoms with E-state index >= 15 is 0 Å². The van der Waals surface area contributed by atoms with Crippen LogP contribution in [0.25, 0.3) is 10.8 Å². The highest BCUT2D eigenvalue weighted by atomic mass is 79.9. The standard InChI is InChI=1S/C16H17BrF2NO5PS/c17-14-7-11-9-20-15(25-4-3-12-2-1-5-27(12,23)24)8-10(11)6-13(14)16(18,19)26(21)22/h6-9,12,21-22H,1-5H2. The fourth-order valence-electron chi connectivity index (χ4n) is 3.04. The quantitative estimate of drug-likeness (QED) is 0.608. The first kappa shape index (κ1) is 20.8. The van der Waals surface area contributed by atoms with Crippen molar-refractivity contribution in [3.05, 3.63) is 34.4 Å². The van der Waals surface area contributed by atoms with Crippen molar-refractivity contribution in [1.82, 2.24) is 4.98 Å². The van der Waals surface area contributed by atoms with Crippen molar-refractivity contribution in [2.75, 3.05) is 12.4 Å². The van der Waals surface area contributed by atoms with E-state index in [1.54, 1.807) is 0 Å². The Bertz CT molecular complexity index is 957. The molecule has 0 radical (unpaired) electrons. The minimum absolute atomic E-state index is 0.0394. The average molecular weight is 484 g/mol. The normalized spacial score (nSPS) is 19.7. The highest BCUT2D eigenvalue weighted by molar-refractivity contribution is 9.10. The number of benzene rings is 1. The van der Waals surface area contributed by atoms with Crippen LogP contribution in [0.1, 0.15) is 24.8 Å². The predicted molar refractivity (Wildman–Crippen MR) is 102 cm³/mol. The molecule has 148 valence electrons. The SMILES string of the molecule is O=S1(=O)CCCC1CCOc1cc2cc(C(F)(F)P(O)O)c(Br)cc2cn1. The van der Waals surface area contributed by atoms with Crippen molar-refractivity contribution in [2.45, 2.75) is 30.2 Å². The fraction of sp³-hybridized carbons (Fsp3) is 0.438. The van der Waals surface area contributed by atoms with E-state index in [0.29, 0.717) is 30.0 Å². The molecule has 2 N–H and O–H groups in total. The summed E-state index contributed by atoms with van der Waals surface area (Å²) >= 11 is 3.02. The molecule has 1 saturated heterocycles. The van der Waals surface area contributed by atoms with Crippen LogP contribution in [0.3, 0.4) is 0 Å². The summed E-state index contributed by atoms with van der Waals surface area (Å²) in [6, 6.07) is 4.03. The molecule has 11 heteroatoms. The summed E-state index contributed by atoms with van der Waals surface area (Å²) < 4.78 is 57.2. The number of hydrogen-bond donors (Lipinski definition) is 2. The van der Waals surface area contributed by atoms with E-state index in [4.69, 9.17) is 14.5 Å². The molecule has 3 rings (SSSR count). The van der Waals surface area contributed by atoms with Gasteiger partial charge in [-0.1, -0.05) is 15.9 Å². The molecule has 1 aliphatic rings. The van der Waals surface area contributed by atoms with Gasteiger partial charge in [-0.05, 0) is 36.8 Å². The molecule has 2 heterocycles. The molecular formula is C16H17BrF2NO5PS. The van der Waals surface area contributed by atoms with E-state index in [2.05, 4.69) is 20.9 Å². The van der Waals surface area contributed by atoms with E-state index in [1.807, 2.05) is 0 Å². The maximum absolute atomic E-state index is 14.0. The van der Waals surface area contributed by atoms with Gasteiger partial charge in [-0.2, -0.15) is 8.78 Å². The summed E-state index contributed by atoms with van der Waals surface area (Å²) in [6.45, 7) is 0.153. The lowest BCUT2D eigenvalue weighted by atomic mass is 10.1. The number of sulfone groups is 1. The maximum Gasteiger partial charge on any atom is 0.340 e. The zero-order chi connectivity index (χ0) is 19.8. The van der Waals surface area contributed by atoms with Crippen LogP contribution in [0.2, 0.25) is 0 Å². The first-order valence-electron chi connectivity index (χ1n) is 8.11. The largest absolute Gasteiger partial charge is 0.478 e. The third kappa shape index (κ3) is 4.40. The molecule has 27 heavy (non-hydrogen) atoms. The van der Waals surface area contributed by atoms with Crippen LogP contribution in [0.5, 0.6) is 5.88 Å². The first-order chi connectivity index (χ1) is 12.6. The average Bonchev–Trinajstić information content (AvgIpc) is 2.92. The Kier molecular flexibility index (Phi) is 6.03. The van der Waals surface area contributed by atoms with Gasteiger partial charge in [-0.25, -0.2) is 13.4 Å². The molecule has 0 saturated carbocycles. The van der Waals surface area contributed by atoms with Crippen molar-refractivity contribution in [2.24, 2.45) is 0 Å². The van der Waals surface area contributed by atoms with Gasteiger partial charge in [0, 0.05) is 27.7 Å². The number of ether oxygens (including phenoxy) is 1. The lowest BCUT2D eigenvalue weighted by Crippen LogP contribution is -2.19. The number of aromatic nitrogens is 1. The molecule has 1 unspecified atom stereocenters. The highest BCUT2D eigenvalue weighted by Gasteiger charge is 2.42. The lowest BCUT2D eigenvalue weighted by Gasteiger charge is -2.19. The van der Waals surface area contributed by atoms with E-state index in [0.717, 1.165) is 6.07 Å². The molecule has 2 aromatic rings. The molecular weight excluding hydrogens is 467 g/mol. The summed E-state index contributed by atoms with van der Waals surface area (Å²) in [7, 11) is -6.54. The smallest absolute Gasteiger partial charge is 0.340 e. The Balaban J connectivity index is 1.79. The monoisotopic (exact) mass is 483 g/mol. The van der Waals surface area contributed by atoms with Gasteiger partial charge >= 0.3 is 5.66 Å². The number of halogens is 3. The lowest BCUT2D eigenvalue weighted by molar-refractivity contribution is 0.0726. The van der Waals surface area contributed by atoms with Crippen molar-refractivity contribution in [3.63, 3.8) is 0 Å². The molecule has 1 aromatic heterocycles. The molecule has 1 aromatic carbocycles. The number of hydrogen-bond acceptors (Lipinski definition) is 6. The topological polar surface area (TPSA) is 96.7 Å². The van der Waals surface area contributed by atoms with Crippen molar-refractivity contribution in [1.29, 1.82) is 0 Å². The molecule has 1 atom stereocenters.